The van der Waals surface area contributed by atoms with Crippen molar-refractivity contribution in [1.82, 2.24) is 0 Å². The first kappa shape index (κ1) is 17.1. The average molecular weight is 292 g/mol. The number of benzene rings is 1. The largest absolute Gasteiger partial charge is 0.407 e. The summed E-state index contributed by atoms with van der Waals surface area (Å²) in [6.07, 6.45) is 1.45. The Bertz CT molecular complexity index is 420. The summed E-state index contributed by atoms with van der Waals surface area (Å²) in [5.74, 6) is 0. The van der Waals surface area contributed by atoms with Crippen molar-refractivity contribution < 1.29 is 9.53 Å². The van der Waals surface area contributed by atoms with Crippen LogP contribution in [0.15, 0.2) is 43.0 Å². The molecule has 20 heavy (non-hydrogen) atoms. The molecule has 0 saturated carbocycles. The predicted octanol–water partition coefficient (Wildman–Crippen LogP) is 4.69. The maximum absolute atomic E-state index is 10.4. The Hall–Kier alpha value is -0.903. The van der Waals surface area contributed by atoms with Crippen LogP contribution in [0.5, 0.6) is 0 Å². The highest BCUT2D eigenvalue weighted by Crippen LogP contribution is 2.40. The van der Waals surface area contributed by atoms with Crippen molar-refractivity contribution in [2.75, 3.05) is 0 Å². The third-order valence-electron chi connectivity index (χ3n) is 4.11. The Morgan fingerprint density at radius 2 is 1.80 bits per heavy atom. The van der Waals surface area contributed by atoms with Gasteiger partial charge >= 0.3 is 0 Å². The molecular weight excluding hydrogens is 264 g/mol. The lowest BCUT2D eigenvalue weighted by atomic mass is 10.0. The van der Waals surface area contributed by atoms with Crippen molar-refractivity contribution >= 4 is 8.32 Å². The molecule has 2 nitrogen and oxygen atoms in total. The summed E-state index contributed by atoms with van der Waals surface area (Å²) in [6.45, 7) is 14.8. The molecule has 3 heteroatoms. The van der Waals surface area contributed by atoms with Crippen LogP contribution in [0.1, 0.15) is 38.9 Å². The summed E-state index contributed by atoms with van der Waals surface area (Å²) in [4.78, 5) is 0. The summed E-state index contributed by atoms with van der Waals surface area (Å²) in [5, 5.41) is 10.5. The molecule has 1 N–H and O–H groups in total. The van der Waals surface area contributed by atoms with Gasteiger partial charge in [0.1, 0.15) is 0 Å². The highest BCUT2D eigenvalue weighted by Gasteiger charge is 2.40. The molecule has 0 aliphatic heterocycles. The van der Waals surface area contributed by atoms with Crippen LogP contribution in [-0.2, 0) is 4.43 Å². The molecule has 0 spiro atoms. The van der Waals surface area contributed by atoms with E-state index in [2.05, 4.69) is 40.4 Å². The zero-order chi connectivity index (χ0) is 15.4. The molecule has 0 fully saturated rings. The number of rotatable bonds is 6. The minimum Gasteiger partial charge on any atom is -0.407 e. The van der Waals surface area contributed by atoms with E-state index in [1.807, 2.05) is 30.3 Å². The van der Waals surface area contributed by atoms with E-state index in [9.17, 15) is 5.11 Å². The molecular formula is C17H28O2Si. The van der Waals surface area contributed by atoms with E-state index in [4.69, 9.17) is 4.43 Å². The van der Waals surface area contributed by atoms with Gasteiger partial charge in [0.15, 0.2) is 8.32 Å². The van der Waals surface area contributed by atoms with E-state index in [0.29, 0.717) is 6.42 Å². The van der Waals surface area contributed by atoms with Crippen molar-refractivity contribution in [3.05, 3.63) is 48.6 Å². The average Bonchev–Trinajstić information content (AvgIpc) is 2.36. The van der Waals surface area contributed by atoms with Crippen LogP contribution in [0, 0.1) is 0 Å². The maximum atomic E-state index is 10.4. The van der Waals surface area contributed by atoms with E-state index in [1.54, 1.807) is 6.08 Å². The van der Waals surface area contributed by atoms with Crippen LogP contribution in [0.3, 0.4) is 0 Å². The fourth-order valence-electron chi connectivity index (χ4n) is 1.80. The smallest absolute Gasteiger partial charge is 0.193 e. The van der Waals surface area contributed by atoms with Gasteiger partial charge in [-0.3, -0.25) is 0 Å². The minimum atomic E-state index is -1.94. The summed E-state index contributed by atoms with van der Waals surface area (Å²) >= 11 is 0. The van der Waals surface area contributed by atoms with Crippen LogP contribution in [0.4, 0.5) is 0 Å². The lowest BCUT2D eigenvalue weighted by molar-refractivity contribution is 0.0286. The first-order chi connectivity index (χ1) is 9.19. The van der Waals surface area contributed by atoms with Crippen LogP contribution in [0.2, 0.25) is 18.1 Å². The Labute approximate surface area is 124 Å². The minimum absolute atomic E-state index is 0.119. The first-order valence-electron chi connectivity index (χ1n) is 7.21. The first-order valence-corrected chi connectivity index (χ1v) is 10.1. The highest BCUT2D eigenvalue weighted by molar-refractivity contribution is 6.74. The van der Waals surface area contributed by atoms with E-state index in [-0.39, 0.29) is 11.1 Å². The molecule has 1 aromatic carbocycles. The molecule has 0 aliphatic carbocycles. The van der Waals surface area contributed by atoms with Gasteiger partial charge in [-0.15, -0.1) is 6.58 Å². The molecule has 0 bridgehead atoms. The van der Waals surface area contributed by atoms with Crippen LogP contribution >= 0.6 is 0 Å². The molecule has 1 aromatic rings. The predicted molar refractivity (Wildman–Crippen MR) is 88.3 cm³/mol. The highest BCUT2D eigenvalue weighted by atomic mass is 28.4. The van der Waals surface area contributed by atoms with E-state index in [1.165, 1.54) is 0 Å². The summed E-state index contributed by atoms with van der Waals surface area (Å²) in [7, 11) is -1.94. The number of aliphatic hydroxyl groups excluding tert-OH is 1. The van der Waals surface area contributed by atoms with Gasteiger partial charge in [-0.25, -0.2) is 0 Å². The molecule has 0 heterocycles. The second kappa shape index (κ2) is 6.70. The Morgan fingerprint density at radius 1 is 1.25 bits per heavy atom. The van der Waals surface area contributed by atoms with Gasteiger partial charge in [0.25, 0.3) is 0 Å². The van der Waals surface area contributed by atoms with Gasteiger partial charge in [-0.05, 0) is 30.1 Å². The van der Waals surface area contributed by atoms with Crippen LogP contribution < -0.4 is 0 Å². The molecule has 0 unspecified atom stereocenters. The van der Waals surface area contributed by atoms with E-state index in [0.717, 1.165) is 5.56 Å². The normalized spacial score (nSPS) is 15.7. The fraction of sp³-hybridized carbons (Fsp3) is 0.529. The van der Waals surface area contributed by atoms with Gasteiger partial charge in [-0.1, -0.05) is 57.2 Å². The van der Waals surface area contributed by atoms with Gasteiger partial charge in [0.2, 0.25) is 0 Å². The Balaban J connectivity index is 3.04. The quantitative estimate of drug-likeness (QED) is 0.609. The monoisotopic (exact) mass is 292 g/mol. The second-order valence-corrected chi connectivity index (χ2v) is 11.6. The van der Waals surface area contributed by atoms with Crippen molar-refractivity contribution in [3.63, 3.8) is 0 Å². The molecule has 0 saturated heterocycles. The Kier molecular flexibility index (Phi) is 5.75. The SMILES string of the molecule is C=CC[C@H](O)[C@H](O[Si](C)(C)C(C)(C)C)c1ccccc1. The fourth-order valence-corrected chi connectivity index (χ4v) is 3.08. The zero-order valence-corrected chi connectivity index (χ0v) is 14.4. The maximum Gasteiger partial charge on any atom is 0.193 e. The third kappa shape index (κ3) is 4.30. The summed E-state index contributed by atoms with van der Waals surface area (Å²) in [6, 6.07) is 9.98. The molecule has 0 aliphatic rings. The topological polar surface area (TPSA) is 29.5 Å². The van der Waals surface area contributed by atoms with Crippen molar-refractivity contribution in [2.24, 2.45) is 0 Å². The van der Waals surface area contributed by atoms with Crippen LogP contribution in [0.25, 0.3) is 0 Å². The van der Waals surface area contributed by atoms with Gasteiger partial charge in [-0.2, -0.15) is 0 Å². The Morgan fingerprint density at radius 3 is 2.25 bits per heavy atom. The molecule has 2 atom stereocenters. The molecule has 112 valence electrons. The molecule has 0 aromatic heterocycles. The number of aliphatic hydroxyl groups is 1. The number of hydrogen-bond donors (Lipinski definition) is 1. The van der Waals surface area contributed by atoms with Crippen molar-refractivity contribution in [3.8, 4) is 0 Å². The summed E-state index contributed by atoms with van der Waals surface area (Å²) < 4.78 is 6.44. The summed E-state index contributed by atoms with van der Waals surface area (Å²) in [5.41, 5.74) is 1.03. The standard InChI is InChI=1S/C17H28O2Si/c1-7-11-15(18)16(14-12-9-8-10-13-14)19-20(5,6)17(2,3)4/h7-10,12-13,15-16,18H,1,11H2,2-6H3/t15-,16+/m0/s1. The zero-order valence-electron chi connectivity index (χ0n) is 13.4. The molecule has 0 amide bonds. The van der Waals surface area contributed by atoms with Gasteiger partial charge in [0, 0.05) is 0 Å². The van der Waals surface area contributed by atoms with Crippen molar-refractivity contribution in [1.29, 1.82) is 0 Å². The lowest BCUT2D eigenvalue weighted by Crippen LogP contribution is -2.43. The van der Waals surface area contributed by atoms with Gasteiger partial charge in [0.05, 0.1) is 12.2 Å². The lowest BCUT2D eigenvalue weighted by Gasteiger charge is -2.40. The van der Waals surface area contributed by atoms with Crippen molar-refractivity contribution in [2.45, 2.75) is 57.5 Å². The van der Waals surface area contributed by atoms with E-state index >= 15 is 0 Å². The molecule has 0 radical (unpaired) electrons. The van der Waals surface area contributed by atoms with E-state index < -0.39 is 14.4 Å². The molecule has 1 rings (SSSR count). The number of hydrogen-bond acceptors (Lipinski definition) is 2. The van der Waals surface area contributed by atoms with Gasteiger partial charge < -0.3 is 9.53 Å². The second-order valence-electron chi connectivity index (χ2n) is 6.80. The third-order valence-corrected chi connectivity index (χ3v) is 8.57. The van der Waals surface area contributed by atoms with Crippen LogP contribution in [-0.4, -0.2) is 19.5 Å².